The molecule has 6 nitrogen and oxygen atoms in total. The van der Waals surface area contributed by atoms with Crippen LogP contribution in [0.15, 0.2) is 48.5 Å². The Bertz CT molecular complexity index is 839. The smallest absolute Gasteiger partial charge is 0.245 e. The van der Waals surface area contributed by atoms with Crippen LogP contribution in [0, 0.1) is 0 Å². The Morgan fingerprint density at radius 3 is 2.54 bits per heavy atom. The van der Waals surface area contributed by atoms with E-state index in [-0.39, 0.29) is 6.54 Å². The van der Waals surface area contributed by atoms with Crippen LogP contribution >= 0.6 is 11.6 Å². The third kappa shape index (κ3) is 4.87. The summed E-state index contributed by atoms with van der Waals surface area (Å²) in [5.41, 5.74) is 0.838. The maximum Gasteiger partial charge on any atom is 0.245 e. The van der Waals surface area contributed by atoms with E-state index in [4.69, 9.17) is 16.3 Å². The average Bonchev–Trinajstić information content (AvgIpc) is 2.51. The molecule has 8 heteroatoms. The second-order valence-corrected chi connectivity index (χ2v) is 7.37. The van der Waals surface area contributed by atoms with Crippen LogP contribution in [0.1, 0.15) is 0 Å². The molecule has 0 atom stereocenters. The molecule has 0 heterocycles. The fourth-order valence-electron chi connectivity index (χ4n) is 2.06. The Morgan fingerprint density at radius 2 is 1.92 bits per heavy atom. The van der Waals surface area contributed by atoms with Crippen LogP contribution in [0.5, 0.6) is 5.75 Å². The van der Waals surface area contributed by atoms with Gasteiger partial charge < -0.3 is 10.1 Å². The molecule has 2 aromatic carbocycles. The van der Waals surface area contributed by atoms with Gasteiger partial charge in [0.2, 0.25) is 15.9 Å². The lowest BCUT2D eigenvalue weighted by Crippen LogP contribution is -2.37. The molecule has 0 spiro atoms. The van der Waals surface area contributed by atoms with Crippen LogP contribution in [0.25, 0.3) is 0 Å². The standard InChI is InChI=1S/C16H17ClN2O4S/c1-23-15-8-4-6-13(10-15)18-16(20)11-19(24(2,21)22)14-7-3-5-12(17)9-14/h3-10H,11H2,1-2H3,(H,18,20). The summed E-state index contributed by atoms with van der Waals surface area (Å²) < 4.78 is 30.1. The van der Waals surface area contributed by atoms with E-state index in [1.54, 1.807) is 42.5 Å². The molecule has 1 amide bonds. The van der Waals surface area contributed by atoms with E-state index in [0.29, 0.717) is 22.1 Å². The van der Waals surface area contributed by atoms with E-state index in [2.05, 4.69) is 5.32 Å². The number of methoxy groups -OCH3 is 1. The van der Waals surface area contributed by atoms with Crippen molar-refractivity contribution in [3.05, 3.63) is 53.6 Å². The highest BCUT2D eigenvalue weighted by molar-refractivity contribution is 7.92. The lowest BCUT2D eigenvalue weighted by atomic mass is 10.3. The molecule has 0 aliphatic heterocycles. The molecular weight excluding hydrogens is 352 g/mol. The molecule has 24 heavy (non-hydrogen) atoms. The van der Waals surface area contributed by atoms with Gasteiger partial charge in [-0.15, -0.1) is 0 Å². The summed E-state index contributed by atoms with van der Waals surface area (Å²) in [6.45, 7) is -0.365. The minimum atomic E-state index is -3.65. The Balaban J connectivity index is 2.19. The first-order valence-electron chi connectivity index (χ1n) is 6.97. The fraction of sp³-hybridized carbons (Fsp3) is 0.188. The third-order valence-electron chi connectivity index (χ3n) is 3.14. The molecule has 2 aromatic rings. The second kappa shape index (κ2) is 7.55. The number of halogens is 1. The lowest BCUT2D eigenvalue weighted by Gasteiger charge is -2.22. The number of carbonyl (C=O) groups excluding carboxylic acids is 1. The van der Waals surface area contributed by atoms with Crippen LogP contribution in [-0.4, -0.2) is 34.2 Å². The van der Waals surface area contributed by atoms with E-state index in [1.165, 1.54) is 13.2 Å². The number of sulfonamides is 1. The molecule has 1 N–H and O–H groups in total. The van der Waals surface area contributed by atoms with Crippen LogP contribution in [-0.2, 0) is 14.8 Å². The highest BCUT2D eigenvalue weighted by Gasteiger charge is 2.21. The van der Waals surface area contributed by atoms with Crippen LogP contribution < -0.4 is 14.4 Å². The van der Waals surface area contributed by atoms with E-state index >= 15 is 0 Å². The molecule has 0 saturated heterocycles. The number of amides is 1. The molecule has 0 unspecified atom stereocenters. The number of nitrogens with zero attached hydrogens (tertiary/aromatic N) is 1. The van der Waals surface area contributed by atoms with Gasteiger partial charge in [-0.25, -0.2) is 8.42 Å². The average molecular weight is 369 g/mol. The highest BCUT2D eigenvalue weighted by atomic mass is 35.5. The van der Waals surface area contributed by atoms with Gasteiger partial charge in [0.1, 0.15) is 12.3 Å². The summed E-state index contributed by atoms with van der Waals surface area (Å²) >= 11 is 5.90. The summed E-state index contributed by atoms with van der Waals surface area (Å²) in [6.07, 6.45) is 1.03. The quantitative estimate of drug-likeness (QED) is 0.850. The molecular formula is C16H17ClN2O4S. The van der Waals surface area contributed by atoms with Crippen molar-refractivity contribution in [3.63, 3.8) is 0 Å². The van der Waals surface area contributed by atoms with Crippen molar-refractivity contribution in [1.82, 2.24) is 0 Å². The monoisotopic (exact) mass is 368 g/mol. The molecule has 0 saturated carbocycles. The van der Waals surface area contributed by atoms with Crippen molar-refractivity contribution in [2.24, 2.45) is 0 Å². The molecule has 0 aliphatic rings. The number of hydrogen-bond donors (Lipinski definition) is 1. The SMILES string of the molecule is COc1cccc(NC(=O)CN(c2cccc(Cl)c2)S(C)(=O)=O)c1. The number of benzene rings is 2. The van der Waals surface area contributed by atoms with Gasteiger partial charge in [-0.2, -0.15) is 0 Å². The van der Waals surface area contributed by atoms with Gasteiger partial charge >= 0.3 is 0 Å². The summed E-state index contributed by atoms with van der Waals surface area (Å²) in [5, 5.41) is 3.03. The maximum atomic E-state index is 12.2. The van der Waals surface area contributed by atoms with E-state index < -0.39 is 15.9 Å². The second-order valence-electron chi connectivity index (χ2n) is 5.03. The Kier molecular flexibility index (Phi) is 5.69. The van der Waals surface area contributed by atoms with Crippen molar-refractivity contribution in [1.29, 1.82) is 0 Å². The first kappa shape index (κ1) is 18.1. The zero-order valence-electron chi connectivity index (χ0n) is 13.2. The predicted octanol–water partition coefficient (Wildman–Crippen LogP) is 2.75. The van der Waals surface area contributed by atoms with E-state index in [0.717, 1.165) is 10.6 Å². The van der Waals surface area contributed by atoms with Gasteiger partial charge in [0.05, 0.1) is 19.1 Å². The lowest BCUT2D eigenvalue weighted by molar-refractivity contribution is -0.114. The van der Waals surface area contributed by atoms with Gasteiger partial charge in [0, 0.05) is 16.8 Å². The number of ether oxygens (including phenoxy) is 1. The fourth-order valence-corrected chi connectivity index (χ4v) is 3.10. The zero-order chi connectivity index (χ0) is 17.7. The normalized spacial score (nSPS) is 11.0. The number of nitrogens with one attached hydrogen (secondary N) is 1. The van der Waals surface area contributed by atoms with Gasteiger partial charge in [-0.3, -0.25) is 9.10 Å². The minimum Gasteiger partial charge on any atom is -0.497 e. The predicted molar refractivity (Wildman–Crippen MR) is 95.3 cm³/mol. The van der Waals surface area contributed by atoms with Crippen molar-refractivity contribution in [3.8, 4) is 5.75 Å². The highest BCUT2D eigenvalue weighted by Crippen LogP contribution is 2.22. The molecule has 128 valence electrons. The third-order valence-corrected chi connectivity index (χ3v) is 4.51. The van der Waals surface area contributed by atoms with Crippen molar-refractivity contribution in [2.45, 2.75) is 0 Å². The number of anilines is 2. The Labute approximate surface area is 146 Å². The van der Waals surface area contributed by atoms with Crippen molar-refractivity contribution in [2.75, 3.05) is 29.5 Å². The molecule has 0 aliphatic carbocycles. The van der Waals surface area contributed by atoms with Gasteiger partial charge in [-0.1, -0.05) is 23.7 Å². The van der Waals surface area contributed by atoms with E-state index in [1.807, 2.05) is 0 Å². The largest absolute Gasteiger partial charge is 0.497 e. The first-order chi connectivity index (χ1) is 11.3. The van der Waals surface area contributed by atoms with Gasteiger partial charge in [-0.05, 0) is 30.3 Å². The summed E-state index contributed by atoms with van der Waals surface area (Å²) in [4.78, 5) is 12.2. The van der Waals surface area contributed by atoms with Crippen molar-refractivity contribution >= 4 is 38.9 Å². The maximum absolute atomic E-state index is 12.2. The van der Waals surface area contributed by atoms with Crippen LogP contribution in [0.4, 0.5) is 11.4 Å². The molecule has 0 bridgehead atoms. The van der Waals surface area contributed by atoms with Crippen LogP contribution in [0.3, 0.4) is 0 Å². The first-order valence-corrected chi connectivity index (χ1v) is 9.19. The minimum absolute atomic E-state index is 0.325. The zero-order valence-corrected chi connectivity index (χ0v) is 14.8. The van der Waals surface area contributed by atoms with Gasteiger partial charge in [0.25, 0.3) is 0 Å². The Hall–Kier alpha value is -2.25. The topological polar surface area (TPSA) is 75.7 Å². The summed E-state index contributed by atoms with van der Waals surface area (Å²) in [6, 6.07) is 13.1. The summed E-state index contributed by atoms with van der Waals surface area (Å²) in [7, 11) is -2.13. The number of carbonyl (C=O) groups is 1. The van der Waals surface area contributed by atoms with E-state index in [9.17, 15) is 13.2 Å². The molecule has 2 rings (SSSR count). The Morgan fingerprint density at radius 1 is 1.21 bits per heavy atom. The number of hydrogen-bond acceptors (Lipinski definition) is 4. The van der Waals surface area contributed by atoms with Crippen LogP contribution in [0.2, 0.25) is 5.02 Å². The van der Waals surface area contributed by atoms with Crippen molar-refractivity contribution < 1.29 is 17.9 Å². The molecule has 0 radical (unpaired) electrons. The van der Waals surface area contributed by atoms with Gasteiger partial charge in [0.15, 0.2) is 0 Å². The molecule has 0 aromatic heterocycles. The molecule has 0 fully saturated rings. The number of rotatable bonds is 6. The summed E-state index contributed by atoms with van der Waals surface area (Å²) in [5.74, 6) is 0.108.